The largest absolute Gasteiger partial charge is 0.332 e. The first-order chi connectivity index (χ1) is 11.1. The van der Waals surface area contributed by atoms with Gasteiger partial charge in [-0.15, -0.1) is 0 Å². The summed E-state index contributed by atoms with van der Waals surface area (Å²) in [6.45, 7) is 2.00. The number of hydrogen-bond acceptors (Lipinski definition) is 4. The van der Waals surface area contributed by atoms with Gasteiger partial charge in [-0.25, -0.2) is 0 Å². The molecule has 1 fully saturated rings. The molecule has 2 aliphatic rings. The monoisotopic (exact) mass is 333 g/mol. The molecule has 6 heteroatoms. The van der Waals surface area contributed by atoms with Crippen LogP contribution in [-0.4, -0.2) is 66.5 Å². The van der Waals surface area contributed by atoms with Crippen LogP contribution in [0.5, 0.6) is 0 Å². The Morgan fingerprint density at radius 3 is 2.83 bits per heavy atom. The molecule has 1 aromatic carbocycles. The van der Waals surface area contributed by atoms with Gasteiger partial charge in [-0.05, 0) is 32.1 Å². The normalized spacial score (nSPS) is 21.0. The standard InChI is InChI=1S/C17H23N3O2S/c1-18(2)14-11-13-5-3-4-6-15(13)20(12-14)16(21)7-8-19-9-10-23-17(19)22/h3-6,14H,7-12H2,1-2H3. The Bertz CT molecular complexity index is 605. The molecule has 0 aliphatic carbocycles. The second kappa shape index (κ2) is 6.93. The van der Waals surface area contributed by atoms with Crippen LogP contribution < -0.4 is 4.90 Å². The number of anilines is 1. The topological polar surface area (TPSA) is 43.9 Å². The first-order valence-corrected chi connectivity index (χ1v) is 9.01. The second-order valence-electron chi connectivity index (χ2n) is 6.31. The third-order valence-corrected chi connectivity index (χ3v) is 5.49. The van der Waals surface area contributed by atoms with Gasteiger partial charge < -0.3 is 14.7 Å². The summed E-state index contributed by atoms with van der Waals surface area (Å²) in [5.74, 6) is 0.941. The zero-order chi connectivity index (χ0) is 16.4. The molecule has 0 aromatic heterocycles. The van der Waals surface area contributed by atoms with Crippen LogP contribution in [0.1, 0.15) is 12.0 Å². The van der Waals surface area contributed by atoms with E-state index in [2.05, 4.69) is 25.1 Å². The van der Waals surface area contributed by atoms with Crippen molar-refractivity contribution >= 4 is 28.6 Å². The van der Waals surface area contributed by atoms with Gasteiger partial charge in [-0.2, -0.15) is 0 Å². The number of hydrogen-bond donors (Lipinski definition) is 0. The minimum atomic E-state index is 0.100. The summed E-state index contributed by atoms with van der Waals surface area (Å²) in [5, 5.41) is 0.100. The summed E-state index contributed by atoms with van der Waals surface area (Å²) in [6.07, 6.45) is 1.36. The Morgan fingerprint density at radius 1 is 1.35 bits per heavy atom. The van der Waals surface area contributed by atoms with Gasteiger partial charge in [-0.3, -0.25) is 9.59 Å². The van der Waals surface area contributed by atoms with Crippen LogP contribution in [0.15, 0.2) is 24.3 Å². The van der Waals surface area contributed by atoms with E-state index in [1.54, 1.807) is 4.90 Å². The predicted molar refractivity (Wildman–Crippen MR) is 94.0 cm³/mol. The number of nitrogens with zero attached hydrogens (tertiary/aromatic N) is 3. The molecular formula is C17H23N3O2S. The SMILES string of the molecule is CN(C)C1Cc2ccccc2N(C(=O)CCN2CCSC2=O)C1. The zero-order valence-corrected chi connectivity index (χ0v) is 14.5. The highest BCUT2D eigenvalue weighted by Gasteiger charge is 2.30. The number of rotatable bonds is 4. The van der Waals surface area contributed by atoms with E-state index < -0.39 is 0 Å². The number of carbonyl (C=O) groups excluding carboxylic acids is 2. The number of thioether (sulfide) groups is 1. The quantitative estimate of drug-likeness (QED) is 0.846. The number of likely N-dealkylation sites (N-methyl/N-ethyl adjacent to an activating group) is 1. The van der Waals surface area contributed by atoms with Gasteiger partial charge in [0.25, 0.3) is 5.24 Å². The van der Waals surface area contributed by atoms with Crippen molar-refractivity contribution in [3.05, 3.63) is 29.8 Å². The van der Waals surface area contributed by atoms with Gasteiger partial charge in [0.1, 0.15) is 0 Å². The molecule has 1 unspecified atom stereocenters. The highest BCUT2D eigenvalue weighted by Crippen LogP contribution is 2.29. The number of amides is 2. The van der Waals surface area contributed by atoms with Crippen molar-refractivity contribution in [2.45, 2.75) is 18.9 Å². The summed E-state index contributed by atoms with van der Waals surface area (Å²) in [5.41, 5.74) is 2.25. The van der Waals surface area contributed by atoms with Crippen LogP contribution in [0.4, 0.5) is 10.5 Å². The molecule has 2 heterocycles. The van der Waals surface area contributed by atoms with E-state index >= 15 is 0 Å². The fourth-order valence-electron chi connectivity index (χ4n) is 3.15. The van der Waals surface area contributed by atoms with E-state index in [9.17, 15) is 9.59 Å². The summed E-state index contributed by atoms with van der Waals surface area (Å²) >= 11 is 1.34. The summed E-state index contributed by atoms with van der Waals surface area (Å²) in [6, 6.07) is 8.47. The lowest BCUT2D eigenvalue weighted by Crippen LogP contribution is -2.48. The first-order valence-electron chi connectivity index (χ1n) is 8.02. The third kappa shape index (κ3) is 3.53. The summed E-state index contributed by atoms with van der Waals surface area (Å²) in [7, 11) is 4.11. The molecule has 5 nitrogen and oxygen atoms in total. The number of para-hydroxylation sites is 1. The van der Waals surface area contributed by atoms with Gasteiger partial charge in [0.05, 0.1) is 0 Å². The van der Waals surface area contributed by atoms with E-state index in [0.717, 1.165) is 24.4 Å². The van der Waals surface area contributed by atoms with Crippen LogP contribution >= 0.6 is 11.8 Å². The van der Waals surface area contributed by atoms with E-state index in [0.29, 0.717) is 25.6 Å². The van der Waals surface area contributed by atoms with Crippen LogP contribution in [0.25, 0.3) is 0 Å². The lowest BCUT2D eigenvalue weighted by molar-refractivity contribution is -0.119. The molecule has 0 radical (unpaired) electrons. The van der Waals surface area contributed by atoms with Gasteiger partial charge in [0.15, 0.2) is 0 Å². The maximum atomic E-state index is 12.8. The molecule has 1 atom stereocenters. The van der Waals surface area contributed by atoms with Crippen molar-refractivity contribution < 1.29 is 9.59 Å². The molecule has 0 bridgehead atoms. The van der Waals surface area contributed by atoms with E-state index in [-0.39, 0.29) is 11.1 Å². The smallest absolute Gasteiger partial charge is 0.281 e. The average molecular weight is 333 g/mol. The molecule has 0 saturated carbocycles. The molecule has 2 amide bonds. The Balaban J connectivity index is 1.72. The van der Waals surface area contributed by atoms with Crippen molar-refractivity contribution in [2.24, 2.45) is 0 Å². The molecular weight excluding hydrogens is 310 g/mol. The van der Waals surface area contributed by atoms with E-state index in [1.165, 1.54) is 17.3 Å². The van der Waals surface area contributed by atoms with E-state index in [4.69, 9.17) is 0 Å². The zero-order valence-electron chi connectivity index (χ0n) is 13.7. The van der Waals surface area contributed by atoms with Crippen LogP contribution in [0.2, 0.25) is 0 Å². The van der Waals surface area contributed by atoms with Crippen molar-refractivity contribution in [1.82, 2.24) is 9.80 Å². The molecule has 23 heavy (non-hydrogen) atoms. The van der Waals surface area contributed by atoms with Crippen LogP contribution in [0.3, 0.4) is 0 Å². The molecule has 1 aromatic rings. The van der Waals surface area contributed by atoms with E-state index in [1.807, 2.05) is 23.1 Å². The van der Waals surface area contributed by atoms with Crippen LogP contribution in [0, 0.1) is 0 Å². The minimum absolute atomic E-state index is 0.100. The Hall–Kier alpha value is -1.53. The highest BCUT2D eigenvalue weighted by molar-refractivity contribution is 8.13. The number of fused-ring (bicyclic) bond motifs is 1. The predicted octanol–water partition coefficient (Wildman–Crippen LogP) is 2.06. The number of carbonyl (C=O) groups is 2. The fourth-order valence-corrected chi connectivity index (χ4v) is 4.00. The van der Waals surface area contributed by atoms with Crippen molar-refractivity contribution in [3.8, 4) is 0 Å². The fraction of sp³-hybridized carbons (Fsp3) is 0.529. The lowest BCUT2D eigenvalue weighted by atomic mass is 9.97. The maximum absolute atomic E-state index is 12.8. The average Bonchev–Trinajstić information content (AvgIpc) is 2.96. The molecule has 0 N–H and O–H groups in total. The Morgan fingerprint density at radius 2 is 2.13 bits per heavy atom. The van der Waals surface area contributed by atoms with Crippen molar-refractivity contribution in [1.29, 1.82) is 0 Å². The van der Waals surface area contributed by atoms with Gasteiger partial charge in [0.2, 0.25) is 5.91 Å². The minimum Gasteiger partial charge on any atom is -0.332 e. The Labute approximate surface area is 141 Å². The molecule has 3 rings (SSSR count). The van der Waals surface area contributed by atoms with Gasteiger partial charge in [-0.1, -0.05) is 30.0 Å². The molecule has 124 valence electrons. The lowest BCUT2D eigenvalue weighted by Gasteiger charge is -2.37. The van der Waals surface area contributed by atoms with Crippen molar-refractivity contribution in [2.75, 3.05) is 44.4 Å². The Kier molecular flexibility index (Phi) is 4.92. The summed E-state index contributed by atoms with van der Waals surface area (Å²) < 4.78 is 0. The van der Waals surface area contributed by atoms with Gasteiger partial charge in [0, 0.05) is 43.5 Å². The molecule has 2 aliphatic heterocycles. The summed E-state index contributed by atoms with van der Waals surface area (Å²) in [4.78, 5) is 30.3. The van der Waals surface area contributed by atoms with Crippen LogP contribution in [-0.2, 0) is 11.2 Å². The van der Waals surface area contributed by atoms with Crippen molar-refractivity contribution in [3.63, 3.8) is 0 Å². The maximum Gasteiger partial charge on any atom is 0.281 e. The molecule has 1 saturated heterocycles. The second-order valence-corrected chi connectivity index (χ2v) is 7.35. The first kappa shape index (κ1) is 16.3. The highest BCUT2D eigenvalue weighted by atomic mass is 32.2. The molecule has 0 spiro atoms. The number of benzene rings is 1. The third-order valence-electron chi connectivity index (χ3n) is 4.60. The van der Waals surface area contributed by atoms with Gasteiger partial charge >= 0.3 is 0 Å².